The van der Waals surface area contributed by atoms with Gasteiger partial charge in [0, 0.05) is 17.6 Å². The molecule has 168 valence electrons. The largest absolute Gasteiger partial charge is 0.350 e. The Labute approximate surface area is 197 Å². The number of hydrogen-bond acceptors (Lipinski definition) is 3. The van der Waals surface area contributed by atoms with Crippen molar-refractivity contribution < 1.29 is 14.0 Å². The fourth-order valence-corrected chi connectivity index (χ4v) is 4.24. The van der Waals surface area contributed by atoms with Crippen LogP contribution < -0.4 is 5.32 Å². The van der Waals surface area contributed by atoms with E-state index in [0.29, 0.717) is 17.6 Å². The summed E-state index contributed by atoms with van der Waals surface area (Å²) in [6.07, 6.45) is 0.445. The molecule has 0 bridgehead atoms. The second-order valence-electron chi connectivity index (χ2n) is 8.41. The Morgan fingerprint density at radius 3 is 2.26 bits per heavy atom. The minimum atomic E-state index is -0.365. The number of carbonyl (C=O) groups excluding carboxylic acids is 2. The van der Waals surface area contributed by atoms with Crippen molar-refractivity contribution in [2.24, 2.45) is 0 Å². The zero-order valence-corrected chi connectivity index (χ0v) is 18.7. The van der Waals surface area contributed by atoms with Gasteiger partial charge >= 0.3 is 0 Å². The van der Waals surface area contributed by atoms with Crippen LogP contribution in [0.1, 0.15) is 16.7 Å². The first-order valence-electron chi connectivity index (χ1n) is 11.2. The molecule has 2 amide bonds. The van der Waals surface area contributed by atoms with Gasteiger partial charge in [0.2, 0.25) is 0 Å². The number of halogens is 1. The summed E-state index contributed by atoms with van der Waals surface area (Å²) in [4.78, 5) is 28.3. The zero-order valence-electron chi connectivity index (χ0n) is 18.7. The fraction of sp³-hybridized carbons (Fsp3) is 0.103. The van der Waals surface area contributed by atoms with Crippen molar-refractivity contribution in [2.45, 2.75) is 13.3 Å². The van der Waals surface area contributed by atoms with Crippen LogP contribution in [0, 0.1) is 12.7 Å². The number of hydrogen-bond donors (Lipinski definition) is 1. The molecule has 0 unspecified atom stereocenters. The SMILES string of the molecule is Cc1ccc(C2=C(Nc3cccc4ccccc34)C(=O)N(CCc3ccc(F)cc3)C2=O)cc1. The van der Waals surface area contributed by atoms with Crippen LogP contribution in [0.15, 0.2) is 96.7 Å². The summed E-state index contributed by atoms with van der Waals surface area (Å²) in [6.45, 7) is 2.18. The van der Waals surface area contributed by atoms with E-state index in [1.807, 2.05) is 73.7 Å². The Balaban J connectivity index is 1.52. The maximum absolute atomic E-state index is 13.5. The van der Waals surface area contributed by atoms with Crippen LogP contribution in [0.4, 0.5) is 10.1 Å². The lowest BCUT2D eigenvalue weighted by Crippen LogP contribution is -2.34. The van der Waals surface area contributed by atoms with Gasteiger partial charge in [-0.15, -0.1) is 0 Å². The molecule has 5 heteroatoms. The number of imide groups is 1. The van der Waals surface area contributed by atoms with Crippen LogP contribution >= 0.6 is 0 Å². The van der Waals surface area contributed by atoms with Crippen molar-refractivity contribution in [1.29, 1.82) is 0 Å². The lowest BCUT2D eigenvalue weighted by atomic mass is 10.0. The van der Waals surface area contributed by atoms with Crippen LogP contribution in [-0.2, 0) is 16.0 Å². The Bertz CT molecular complexity index is 1420. The van der Waals surface area contributed by atoms with Crippen LogP contribution in [0.25, 0.3) is 16.3 Å². The highest BCUT2D eigenvalue weighted by atomic mass is 19.1. The van der Waals surface area contributed by atoms with E-state index in [9.17, 15) is 14.0 Å². The van der Waals surface area contributed by atoms with Gasteiger partial charge in [0.05, 0.1) is 5.57 Å². The summed E-state index contributed by atoms with van der Waals surface area (Å²) in [5, 5.41) is 5.28. The molecule has 0 saturated heterocycles. The van der Waals surface area contributed by atoms with Gasteiger partial charge in [-0.25, -0.2) is 4.39 Å². The lowest BCUT2D eigenvalue weighted by Gasteiger charge is -2.16. The van der Waals surface area contributed by atoms with Gasteiger partial charge in [0.1, 0.15) is 11.5 Å². The van der Waals surface area contributed by atoms with Gasteiger partial charge in [-0.3, -0.25) is 14.5 Å². The third-order valence-corrected chi connectivity index (χ3v) is 6.09. The number of aryl methyl sites for hydroxylation is 1. The molecule has 0 aromatic heterocycles. The Hall–Kier alpha value is -4.25. The quantitative estimate of drug-likeness (QED) is 0.382. The van der Waals surface area contributed by atoms with E-state index in [2.05, 4.69) is 5.32 Å². The topological polar surface area (TPSA) is 49.4 Å². The van der Waals surface area contributed by atoms with Gasteiger partial charge in [-0.2, -0.15) is 0 Å². The average Bonchev–Trinajstić information content (AvgIpc) is 3.08. The second kappa shape index (κ2) is 8.94. The Morgan fingerprint density at radius 2 is 1.50 bits per heavy atom. The second-order valence-corrected chi connectivity index (χ2v) is 8.41. The number of nitrogens with zero attached hydrogens (tertiary/aromatic N) is 1. The van der Waals surface area contributed by atoms with Crippen LogP contribution in [-0.4, -0.2) is 23.3 Å². The van der Waals surface area contributed by atoms with E-state index in [-0.39, 0.29) is 29.9 Å². The van der Waals surface area contributed by atoms with Crippen LogP contribution in [0.3, 0.4) is 0 Å². The fourth-order valence-electron chi connectivity index (χ4n) is 4.24. The monoisotopic (exact) mass is 450 g/mol. The first-order chi connectivity index (χ1) is 16.5. The van der Waals surface area contributed by atoms with E-state index < -0.39 is 0 Å². The Morgan fingerprint density at radius 1 is 0.794 bits per heavy atom. The molecule has 0 saturated carbocycles. The van der Waals surface area contributed by atoms with Crippen molar-refractivity contribution in [3.8, 4) is 0 Å². The number of benzene rings is 4. The summed E-state index contributed by atoms with van der Waals surface area (Å²) in [7, 11) is 0. The summed E-state index contributed by atoms with van der Waals surface area (Å²) in [6, 6.07) is 27.4. The van der Waals surface area contributed by atoms with Gasteiger partial charge in [-0.05, 0) is 48.1 Å². The van der Waals surface area contributed by atoms with E-state index in [0.717, 1.165) is 27.6 Å². The molecule has 0 aliphatic carbocycles. The maximum atomic E-state index is 13.5. The number of amides is 2. The van der Waals surface area contributed by atoms with E-state index >= 15 is 0 Å². The van der Waals surface area contributed by atoms with Gasteiger partial charge in [-0.1, -0.05) is 78.4 Å². The highest BCUT2D eigenvalue weighted by molar-refractivity contribution is 6.36. The zero-order chi connectivity index (χ0) is 23.7. The number of nitrogens with one attached hydrogen (secondary N) is 1. The Kier molecular flexibility index (Phi) is 5.68. The molecule has 4 aromatic rings. The number of anilines is 1. The van der Waals surface area contributed by atoms with Crippen LogP contribution in [0.5, 0.6) is 0 Å². The molecule has 4 nitrogen and oxygen atoms in total. The van der Waals surface area contributed by atoms with Crippen molar-refractivity contribution in [3.63, 3.8) is 0 Å². The third-order valence-electron chi connectivity index (χ3n) is 6.09. The molecule has 1 heterocycles. The van der Waals surface area contributed by atoms with Crippen molar-refractivity contribution >= 4 is 33.8 Å². The van der Waals surface area contributed by atoms with Gasteiger partial charge in [0.15, 0.2) is 0 Å². The molecule has 34 heavy (non-hydrogen) atoms. The third kappa shape index (κ3) is 4.08. The minimum absolute atomic E-state index is 0.208. The highest BCUT2D eigenvalue weighted by Crippen LogP contribution is 2.33. The first-order valence-corrected chi connectivity index (χ1v) is 11.2. The average molecular weight is 451 g/mol. The molecule has 0 spiro atoms. The number of rotatable bonds is 6. The standard InChI is InChI=1S/C29H23FN2O2/c1-19-9-13-22(14-10-19)26-27(31-25-8-4-6-21-5-2-3-7-24(21)25)29(34)32(28(26)33)18-17-20-11-15-23(30)16-12-20/h2-16,31H,17-18H2,1H3. The molecule has 4 aromatic carbocycles. The van der Waals surface area contributed by atoms with E-state index in [4.69, 9.17) is 0 Å². The summed E-state index contributed by atoms with van der Waals surface area (Å²) in [5.74, 6) is -1.02. The predicted molar refractivity (Wildman–Crippen MR) is 132 cm³/mol. The van der Waals surface area contributed by atoms with Gasteiger partial charge in [0.25, 0.3) is 11.8 Å². The maximum Gasteiger partial charge on any atom is 0.278 e. The minimum Gasteiger partial charge on any atom is -0.350 e. The van der Waals surface area contributed by atoms with E-state index in [1.165, 1.54) is 17.0 Å². The molecule has 0 atom stereocenters. The molecule has 5 rings (SSSR count). The van der Waals surface area contributed by atoms with Crippen molar-refractivity contribution in [1.82, 2.24) is 4.90 Å². The summed E-state index contributed by atoms with van der Waals surface area (Å²) in [5.41, 5.74) is 4.00. The normalized spacial score (nSPS) is 13.8. The molecule has 0 radical (unpaired) electrons. The molecule has 0 fully saturated rings. The lowest BCUT2D eigenvalue weighted by molar-refractivity contribution is -0.136. The van der Waals surface area contributed by atoms with Gasteiger partial charge < -0.3 is 5.32 Å². The number of carbonyl (C=O) groups is 2. The molecular formula is C29H23FN2O2. The molecular weight excluding hydrogens is 427 g/mol. The highest BCUT2D eigenvalue weighted by Gasteiger charge is 2.39. The smallest absolute Gasteiger partial charge is 0.278 e. The predicted octanol–water partition coefficient (Wildman–Crippen LogP) is 5.72. The van der Waals surface area contributed by atoms with Crippen LogP contribution in [0.2, 0.25) is 0 Å². The number of fused-ring (bicyclic) bond motifs is 1. The molecule has 1 N–H and O–H groups in total. The summed E-state index contributed by atoms with van der Waals surface area (Å²) < 4.78 is 13.3. The molecule has 1 aliphatic heterocycles. The summed E-state index contributed by atoms with van der Waals surface area (Å²) >= 11 is 0. The first kappa shape index (κ1) is 21.6. The van der Waals surface area contributed by atoms with E-state index in [1.54, 1.807) is 12.1 Å². The van der Waals surface area contributed by atoms with Crippen molar-refractivity contribution in [2.75, 3.05) is 11.9 Å². The molecule has 1 aliphatic rings. The van der Waals surface area contributed by atoms with Crippen molar-refractivity contribution in [3.05, 3.63) is 119 Å².